The van der Waals surface area contributed by atoms with Crippen LogP contribution in [0.5, 0.6) is 0 Å². The Hall–Kier alpha value is -3.06. The standard InChI is InChI=1S/C19H17N3O4/c23-19-20-18(13-5-2-1-3-6-13)16-11-14(22(24)25)8-9-17(16)21(19)12-15-7-4-10-26-15/h1-3,5-6,8-9,11,15H,4,7,10,12H2. The summed E-state index contributed by atoms with van der Waals surface area (Å²) in [7, 11) is 0. The maximum absolute atomic E-state index is 12.7. The average molecular weight is 351 g/mol. The van der Waals surface area contributed by atoms with Gasteiger partial charge in [0, 0.05) is 29.7 Å². The summed E-state index contributed by atoms with van der Waals surface area (Å²) in [5.74, 6) is 0. The third-order valence-corrected chi connectivity index (χ3v) is 4.63. The van der Waals surface area contributed by atoms with E-state index < -0.39 is 4.92 Å². The summed E-state index contributed by atoms with van der Waals surface area (Å²) in [5.41, 5.74) is 1.43. The summed E-state index contributed by atoms with van der Waals surface area (Å²) >= 11 is 0. The second-order valence-electron chi connectivity index (χ2n) is 6.31. The number of nitro groups is 1. The monoisotopic (exact) mass is 351 g/mol. The molecule has 0 spiro atoms. The number of ether oxygens (including phenoxy) is 1. The van der Waals surface area contributed by atoms with Crippen LogP contribution in [-0.4, -0.2) is 27.2 Å². The van der Waals surface area contributed by atoms with Crippen molar-refractivity contribution in [2.24, 2.45) is 0 Å². The lowest BCUT2D eigenvalue weighted by atomic mass is 10.1. The van der Waals surface area contributed by atoms with Gasteiger partial charge in [0.1, 0.15) is 0 Å². The Balaban J connectivity index is 1.95. The van der Waals surface area contributed by atoms with Crippen LogP contribution in [0.15, 0.2) is 53.3 Å². The largest absolute Gasteiger partial charge is 0.376 e. The van der Waals surface area contributed by atoms with Crippen LogP contribution < -0.4 is 5.69 Å². The van der Waals surface area contributed by atoms with E-state index in [0.717, 1.165) is 18.4 Å². The van der Waals surface area contributed by atoms with E-state index in [0.29, 0.717) is 29.7 Å². The molecular weight excluding hydrogens is 334 g/mol. The first-order chi connectivity index (χ1) is 12.6. The molecule has 0 amide bonds. The molecule has 1 fully saturated rings. The van der Waals surface area contributed by atoms with E-state index in [1.807, 2.05) is 30.3 Å². The van der Waals surface area contributed by atoms with Gasteiger partial charge in [-0.15, -0.1) is 0 Å². The first-order valence-electron chi connectivity index (χ1n) is 8.49. The fourth-order valence-electron chi connectivity index (χ4n) is 3.37. The summed E-state index contributed by atoms with van der Waals surface area (Å²) in [4.78, 5) is 27.7. The summed E-state index contributed by atoms with van der Waals surface area (Å²) in [5, 5.41) is 11.8. The average Bonchev–Trinajstić information content (AvgIpc) is 3.17. The Kier molecular flexibility index (Phi) is 4.22. The Bertz CT molecular complexity index is 1020. The Morgan fingerprint density at radius 2 is 2.04 bits per heavy atom. The van der Waals surface area contributed by atoms with Gasteiger partial charge >= 0.3 is 5.69 Å². The zero-order valence-electron chi connectivity index (χ0n) is 14.0. The highest BCUT2D eigenvalue weighted by Gasteiger charge is 2.21. The molecule has 0 bridgehead atoms. The molecule has 2 heterocycles. The molecule has 1 aliphatic heterocycles. The van der Waals surface area contributed by atoms with Gasteiger partial charge in [0.25, 0.3) is 5.69 Å². The number of rotatable bonds is 4. The van der Waals surface area contributed by atoms with Crippen molar-refractivity contribution in [1.29, 1.82) is 0 Å². The number of benzene rings is 2. The lowest BCUT2D eigenvalue weighted by Gasteiger charge is -2.16. The Morgan fingerprint density at radius 1 is 1.23 bits per heavy atom. The van der Waals surface area contributed by atoms with E-state index in [2.05, 4.69) is 4.98 Å². The maximum atomic E-state index is 12.7. The van der Waals surface area contributed by atoms with Crippen LogP contribution in [-0.2, 0) is 11.3 Å². The first kappa shape index (κ1) is 16.4. The molecule has 2 aromatic carbocycles. The second kappa shape index (κ2) is 6.68. The van der Waals surface area contributed by atoms with Gasteiger partial charge < -0.3 is 4.74 Å². The molecule has 7 heteroatoms. The summed E-state index contributed by atoms with van der Waals surface area (Å²) < 4.78 is 7.20. The molecule has 1 atom stereocenters. The number of aromatic nitrogens is 2. The van der Waals surface area contributed by atoms with E-state index in [1.165, 1.54) is 12.1 Å². The molecule has 0 aliphatic carbocycles. The predicted octanol–water partition coefficient (Wildman–Crippen LogP) is 3.15. The van der Waals surface area contributed by atoms with Gasteiger partial charge in [0.15, 0.2) is 0 Å². The lowest BCUT2D eigenvalue weighted by Crippen LogP contribution is -2.29. The first-order valence-corrected chi connectivity index (χ1v) is 8.49. The number of nitrogens with zero attached hydrogens (tertiary/aromatic N) is 3. The predicted molar refractivity (Wildman–Crippen MR) is 97.1 cm³/mol. The molecule has 132 valence electrons. The van der Waals surface area contributed by atoms with Gasteiger partial charge in [-0.25, -0.2) is 4.79 Å². The topological polar surface area (TPSA) is 87.3 Å². The molecule has 0 saturated carbocycles. The van der Waals surface area contributed by atoms with Gasteiger partial charge in [0.05, 0.1) is 28.8 Å². The fourth-order valence-corrected chi connectivity index (χ4v) is 3.37. The smallest absolute Gasteiger partial charge is 0.348 e. The Morgan fingerprint density at radius 3 is 2.73 bits per heavy atom. The minimum Gasteiger partial charge on any atom is -0.376 e. The van der Waals surface area contributed by atoms with Crippen LogP contribution in [0.2, 0.25) is 0 Å². The SMILES string of the molecule is O=c1nc(-c2ccccc2)c2cc([N+](=O)[O-])ccc2n1CC1CCCO1. The minimum absolute atomic E-state index is 0.0289. The third-order valence-electron chi connectivity index (χ3n) is 4.63. The molecule has 7 nitrogen and oxygen atoms in total. The van der Waals surface area contributed by atoms with E-state index in [4.69, 9.17) is 4.74 Å². The van der Waals surface area contributed by atoms with Crippen molar-refractivity contribution >= 4 is 16.6 Å². The van der Waals surface area contributed by atoms with Gasteiger partial charge in [-0.05, 0) is 18.9 Å². The normalized spacial score (nSPS) is 16.8. The molecule has 0 N–H and O–H groups in total. The van der Waals surface area contributed by atoms with Crippen LogP contribution in [0.25, 0.3) is 22.2 Å². The van der Waals surface area contributed by atoms with Gasteiger partial charge in [-0.2, -0.15) is 4.98 Å². The number of nitro benzene ring substituents is 1. The van der Waals surface area contributed by atoms with Gasteiger partial charge in [-0.1, -0.05) is 30.3 Å². The molecule has 1 saturated heterocycles. The number of hydrogen-bond donors (Lipinski definition) is 0. The summed E-state index contributed by atoms with van der Waals surface area (Å²) in [6.07, 6.45) is 1.83. The number of hydrogen-bond acceptors (Lipinski definition) is 5. The number of non-ortho nitro benzene ring substituents is 1. The highest BCUT2D eigenvalue weighted by atomic mass is 16.6. The van der Waals surface area contributed by atoms with E-state index in [-0.39, 0.29) is 17.5 Å². The van der Waals surface area contributed by atoms with Crippen LogP contribution >= 0.6 is 0 Å². The van der Waals surface area contributed by atoms with E-state index >= 15 is 0 Å². The zero-order valence-corrected chi connectivity index (χ0v) is 14.0. The molecule has 3 aromatic rings. The van der Waals surface area contributed by atoms with Crippen molar-refractivity contribution in [3.63, 3.8) is 0 Å². The minimum atomic E-state index is -0.441. The highest BCUT2D eigenvalue weighted by molar-refractivity contribution is 5.93. The van der Waals surface area contributed by atoms with Crippen LogP contribution in [0.3, 0.4) is 0 Å². The van der Waals surface area contributed by atoms with Crippen LogP contribution in [0.4, 0.5) is 5.69 Å². The quantitative estimate of drug-likeness (QED) is 0.532. The Labute approximate surface area is 149 Å². The highest BCUT2D eigenvalue weighted by Crippen LogP contribution is 2.29. The molecule has 1 aliphatic rings. The van der Waals surface area contributed by atoms with Crippen LogP contribution in [0.1, 0.15) is 12.8 Å². The molecule has 1 aromatic heterocycles. The van der Waals surface area contributed by atoms with Crippen molar-refractivity contribution in [1.82, 2.24) is 9.55 Å². The second-order valence-corrected chi connectivity index (χ2v) is 6.31. The van der Waals surface area contributed by atoms with E-state index in [1.54, 1.807) is 10.6 Å². The van der Waals surface area contributed by atoms with Crippen molar-refractivity contribution < 1.29 is 9.66 Å². The lowest BCUT2D eigenvalue weighted by molar-refractivity contribution is -0.384. The summed E-state index contributed by atoms with van der Waals surface area (Å²) in [6, 6.07) is 13.8. The zero-order chi connectivity index (χ0) is 18.1. The molecule has 0 radical (unpaired) electrons. The fraction of sp³-hybridized carbons (Fsp3) is 0.263. The van der Waals surface area contributed by atoms with Crippen molar-refractivity contribution in [3.8, 4) is 11.3 Å². The maximum Gasteiger partial charge on any atom is 0.348 e. The third kappa shape index (κ3) is 2.97. The molecular formula is C19H17N3O4. The van der Waals surface area contributed by atoms with Crippen LogP contribution in [0, 0.1) is 10.1 Å². The van der Waals surface area contributed by atoms with Gasteiger partial charge in [0.2, 0.25) is 0 Å². The molecule has 26 heavy (non-hydrogen) atoms. The summed E-state index contributed by atoms with van der Waals surface area (Å²) in [6.45, 7) is 1.09. The van der Waals surface area contributed by atoms with Crippen molar-refractivity contribution in [2.45, 2.75) is 25.5 Å². The van der Waals surface area contributed by atoms with E-state index in [9.17, 15) is 14.9 Å². The van der Waals surface area contributed by atoms with Crippen molar-refractivity contribution in [2.75, 3.05) is 6.61 Å². The molecule has 4 rings (SSSR count). The number of fused-ring (bicyclic) bond motifs is 1. The molecule has 1 unspecified atom stereocenters. The van der Waals surface area contributed by atoms with Gasteiger partial charge in [-0.3, -0.25) is 14.7 Å². The van der Waals surface area contributed by atoms with Crippen molar-refractivity contribution in [3.05, 3.63) is 69.1 Å².